The summed E-state index contributed by atoms with van der Waals surface area (Å²) in [5, 5.41) is 12.8. The number of nitrogens with zero attached hydrogens (tertiary/aromatic N) is 2. The SMILES string of the molecule is CC(C)(C)[Si](C)(C)OCc1ncc(C2(O)CCN(CC34CC(c5ccccc53)c3ccccc34)CC2)s1. The predicted molar refractivity (Wildman–Crippen MR) is 154 cm³/mol. The van der Waals surface area contributed by atoms with Crippen molar-refractivity contribution >= 4 is 19.7 Å². The number of fused-ring (bicyclic) bond motifs is 8. The molecule has 2 bridgehead atoms. The van der Waals surface area contributed by atoms with E-state index in [0.29, 0.717) is 12.5 Å². The Bertz CT molecular complexity index is 1250. The van der Waals surface area contributed by atoms with Crippen molar-refractivity contribution in [3.63, 3.8) is 0 Å². The molecular weight excluding hydrogens is 493 g/mol. The molecule has 0 unspecified atom stereocenters. The van der Waals surface area contributed by atoms with Crippen molar-refractivity contribution in [2.24, 2.45) is 0 Å². The normalized spacial score (nSPS) is 24.8. The molecule has 1 aliphatic heterocycles. The van der Waals surface area contributed by atoms with E-state index < -0.39 is 13.9 Å². The van der Waals surface area contributed by atoms with E-state index in [0.717, 1.165) is 42.4 Å². The zero-order valence-corrected chi connectivity index (χ0v) is 24.7. The highest BCUT2D eigenvalue weighted by molar-refractivity contribution is 7.11. The summed E-state index contributed by atoms with van der Waals surface area (Å²) in [7, 11) is -1.82. The molecule has 2 heterocycles. The molecule has 1 aromatic heterocycles. The van der Waals surface area contributed by atoms with Crippen LogP contribution in [0.3, 0.4) is 0 Å². The number of benzene rings is 2. The topological polar surface area (TPSA) is 45.6 Å². The third kappa shape index (κ3) is 4.16. The van der Waals surface area contributed by atoms with Gasteiger partial charge in [0.25, 0.3) is 0 Å². The number of aromatic nitrogens is 1. The Morgan fingerprint density at radius 2 is 1.62 bits per heavy atom. The van der Waals surface area contributed by atoms with Gasteiger partial charge in [-0.3, -0.25) is 0 Å². The summed E-state index contributed by atoms with van der Waals surface area (Å²) in [6.45, 7) is 14.7. The summed E-state index contributed by atoms with van der Waals surface area (Å²) in [6, 6.07) is 18.2. The van der Waals surface area contributed by atoms with Gasteiger partial charge in [-0.15, -0.1) is 11.3 Å². The summed E-state index contributed by atoms with van der Waals surface area (Å²) in [5.41, 5.74) is 5.37. The maximum Gasteiger partial charge on any atom is 0.192 e. The lowest BCUT2D eigenvalue weighted by Crippen LogP contribution is -2.47. The molecule has 4 nitrogen and oxygen atoms in total. The Hall–Kier alpha value is -1.83. The summed E-state index contributed by atoms with van der Waals surface area (Å²) in [4.78, 5) is 8.24. The smallest absolute Gasteiger partial charge is 0.192 e. The molecule has 3 aromatic rings. The Kier molecular flexibility index (Phi) is 6.09. The highest BCUT2D eigenvalue weighted by Gasteiger charge is 2.53. The number of hydrogen-bond acceptors (Lipinski definition) is 5. The van der Waals surface area contributed by atoms with Gasteiger partial charge in [0.05, 0.1) is 11.5 Å². The molecule has 0 saturated carbocycles. The fraction of sp³-hybridized carbons (Fsp3) is 0.516. The molecule has 2 aromatic carbocycles. The molecule has 196 valence electrons. The van der Waals surface area contributed by atoms with Gasteiger partial charge in [-0.2, -0.15) is 0 Å². The van der Waals surface area contributed by atoms with Crippen molar-refractivity contribution in [2.75, 3.05) is 19.6 Å². The lowest BCUT2D eigenvalue weighted by atomic mass is 9.74. The molecule has 1 saturated heterocycles. The highest BCUT2D eigenvalue weighted by atomic mass is 32.1. The van der Waals surface area contributed by atoms with Gasteiger partial charge in [0.15, 0.2) is 8.32 Å². The van der Waals surface area contributed by atoms with Gasteiger partial charge in [-0.1, -0.05) is 69.3 Å². The average Bonchev–Trinajstić information content (AvgIpc) is 3.57. The van der Waals surface area contributed by atoms with Gasteiger partial charge in [0.1, 0.15) is 10.6 Å². The first kappa shape index (κ1) is 25.4. The van der Waals surface area contributed by atoms with Crippen molar-refractivity contribution in [3.05, 3.63) is 86.9 Å². The minimum absolute atomic E-state index is 0.0754. The first-order chi connectivity index (χ1) is 17.5. The zero-order chi connectivity index (χ0) is 26.1. The van der Waals surface area contributed by atoms with E-state index in [-0.39, 0.29) is 10.5 Å². The zero-order valence-electron chi connectivity index (χ0n) is 22.9. The van der Waals surface area contributed by atoms with E-state index in [4.69, 9.17) is 4.43 Å². The van der Waals surface area contributed by atoms with Crippen molar-refractivity contribution in [2.45, 2.75) is 81.7 Å². The van der Waals surface area contributed by atoms with E-state index >= 15 is 0 Å². The molecule has 3 aliphatic rings. The molecule has 1 N–H and O–H groups in total. The van der Waals surface area contributed by atoms with Gasteiger partial charge in [-0.25, -0.2) is 4.98 Å². The highest BCUT2D eigenvalue weighted by Crippen LogP contribution is 2.60. The third-order valence-corrected chi connectivity index (χ3v) is 15.5. The predicted octanol–water partition coefficient (Wildman–Crippen LogP) is 6.78. The van der Waals surface area contributed by atoms with Gasteiger partial charge >= 0.3 is 0 Å². The van der Waals surface area contributed by atoms with Crippen LogP contribution in [0.5, 0.6) is 0 Å². The van der Waals surface area contributed by atoms with E-state index in [1.165, 1.54) is 28.7 Å². The second-order valence-corrected chi connectivity index (χ2v) is 18.9. The van der Waals surface area contributed by atoms with Crippen LogP contribution in [-0.4, -0.2) is 42.9 Å². The van der Waals surface area contributed by atoms with Gasteiger partial charge < -0.3 is 14.4 Å². The standard InChI is InChI=1S/C31H40N2O2SSi/c1-29(2,3)37(4,5)35-20-28-32-19-27(36-28)31(34)14-16-33(17-15-31)21-30-18-24(22-10-6-8-12-25(22)30)23-11-7-9-13-26(23)30/h6-13,19,24,34H,14-18,20-21H2,1-5H3. The number of rotatable bonds is 6. The maximum atomic E-state index is 11.6. The summed E-state index contributed by atoms with van der Waals surface area (Å²) < 4.78 is 6.39. The van der Waals surface area contributed by atoms with Crippen LogP contribution in [0, 0.1) is 0 Å². The quantitative estimate of drug-likeness (QED) is 0.355. The fourth-order valence-electron chi connectivity index (χ4n) is 6.57. The maximum absolute atomic E-state index is 11.6. The first-order valence-electron chi connectivity index (χ1n) is 13.8. The lowest BCUT2D eigenvalue weighted by Gasteiger charge is -2.42. The molecule has 6 heteroatoms. The number of aliphatic hydroxyl groups is 1. The monoisotopic (exact) mass is 532 g/mol. The fourth-order valence-corrected chi connectivity index (χ4v) is 8.58. The summed E-state index contributed by atoms with van der Waals surface area (Å²) >= 11 is 1.63. The van der Waals surface area contributed by atoms with Gasteiger partial charge in [0, 0.05) is 37.2 Å². The second kappa shape index (κ2) is 8.85. The number of thiazole rings is 1. The molecule has 0 amide bonds. The Morgan fingerprint density at radius 1 is 1.03 bits per heavy atom. The molecule has 0 radical (unpaired) electrons. The molecule has 2 aliphatic carbocycles. The largest absolute Gasteiger partial charge is 0.410 e. The minimum Gasteiger partial charge on any atom is -0.410 e. The van der Waals surface area contributed by atoms with Crippen LogP contribution >= 0.6 is 11.3 Å². The van der Waals surface area contributed by atoms with Crippen LogP contribution < -0.4 is 0 Å². The van der Waals surface area contributed by atoms with Crippen molar-refractivity contribution in [1.82, 2.24) is 9.88 Å². The van der Waals surface area contributed by atoms with E-state index in [1.54, 1.807) is 11.3 Å². The van der Waals surface area contributed by atoms with Crippen molar-refractivity contribution in [1.29, 1.82) is 0 Å². The van der Waals surface area contributed by atoms with Crippen LogP contribution in [0.2, 0.25) is 18.1 Å². The van der Waals surface area contributed by atoms with Crippen LogP contribution in [-0.2, 0) is 22.0 Å². The van der Waals surface area contributed by atoms with Crippen LogP contribution in [0.4, 0.5) is 0 Å². The Morgan fingerprint density at radius 3 is 2.22 bits per heavy atom. The number of piperidine rings is 1. The Balaban J connectivity index is 1.15. The van der Waals surface area contributed by atoms with Crippen LogP contribution in [0.15, 0.2) is 54.7 Å². The average molecular weight is 533 g/mol. The minimum atomic E-state index is -1.82. The molecule has 1 fully saturated rings. The number of hydrogen-bond donors (Lipinski definition) is 1. The van der Waals surface area contributed by atoms with Gasteiger partial charge in [0.2, 0.25) is 0 Å². The summed E-state index contributed by atoms with van der Waals surface area (Å²) in [5.74, 6) is 0.526. The van der Waals surface area contributed by atoms with Crippen molar-refractivity contribution in [3.8, 4) is 0 Å². The van der Waals surface area contributed by atoms with E-state index in [2.05, 4.69) is 92.3 Å². The first-order valence-corrected chi connectivity index (χ1v) is 17.5. The lowest BCUT2D eigenvalue weighted by molar-refractivity contribution is -0.0262. The molecular formula is C31H40N2O2SSi. The Labute approximate surface area is 226 Å². The van der Waals surface area contributed by atoms with Gasteiger partial charge in [-0.05, 0) is 59.6 Å². The molecule has 0 atom stereocenters. The van der Waals surface area contributed by atoms with E-state index in [1.807, 2.05) is 6.20 Å². The van der Waals surface area contributed by atoms with Crippen LogP contribution in [0.1, 0.15) is 78.1 Å². The molecule has 6 rings (SSSR count). The number of likely N-dealkylation sites (tertiary alicyclic amines) is 1. The molecule has 0 spiro atoms. The molecule has 37 heavy (non-hydrogen) atoms. The third-order valence-electron chi connectivity index (χ3n) is 9.81. The van der Waals surface area contributed by atoms with Crippen LogP contribution in [0.25, 0.3) is 0 Å². The second-order valence-electron chi connectivity index (χ2n) is 13.0. The van der Waals surface area contributed by atoms with Crippen molar-refractivity contribution < 1.29 is 9.53 Å². The van der Waals surface area contributed by atoms with E-state index in [9.17, 15) is 5.11 Å². The summed E-state index contributed by atoms with van der Waals surface area (Å²) in [6.07, 6.45) is 4.58.